The van der Waals surface area contributed by atoms with E-state index in [2.05, 4.69) is 229 Å². The van der Waals surface area contributed by atoms with Gasteiger partial charge in [-0.15, -0.1) is 0 Å². The smallest absolute Gasteiger partial charge is 0.136 e. The number of hydrogen-bond acceptors (Lipinski definition) is 1. The summed E-state index contributed by atoms with van der Waals surface area (Å²) in [6.45, 7) is 4.84. The number of aromatic nitrogens is 2. The second-order valence-corrected chi connectivity index (χ2v) is 18.7. The third kappa shape index (κ3) is 5.26. The SMILES string of the molecule is CC1(C)c2ccccc2-c2c1c(C1=CCCC=C1)cc1c3cc(-c4ccccc4)ccc3n(-c3ccc4oc5cccc(-c6ccc7c(c6)c6ccccc6n7-c6ccccc6)c5c4c3)c21. The second-order valence-electron chi connectivity index (χ2n) is 18.7. The van der Waals surface area contributed by atoms with Gasteiger partial charge in [-0.25, -0.2) is 0 Å². The summed E-state index contributed by atoms with van der Waals surface area (Å²) in [5.41, 5.74) is 21.5. The molecule has 0 fully saturated rings. The molecule has 12 aromatic rings. The summed E-state index contributed by atoms with van der Waals surface area (Å²) >= 11 is 0. The van der Waals surface area contributed by atoms with E-state index in [-0.39, 0.29) is 5.41 Å². The summed E-state index contributed by atoms with van der Waals surface area (Å²) in [4.78, 5) is 0. The summed E-state index contributed by atoms with van der Waals surface area (Å²) in [5, 5.41) is 7.22. The van der Waals surface area contributed by atoms with Gasteiger partial charge in [0.1, 0.15) is 11.2 Å². The van der Waals surface area contributed by atoms with Gasteiger partial charge in [-0.1, -0.05) is 147 Å². The Hall–Kier alpha value is -8.14. The number of benzene rings is 9. The first-order valence-electron chi connectivity index (χ1n) is 23.2. The molecule has 0 unspecified atom stereocenters. The van der Waals surface area contributed by atoms with E-state index in [1.807, 2.05) is 0 Å². The molecular weight excluding hydrogens is 801 g/mol. The van der Waals surface area contributed by atoms with E-state index in [4.69, 9.17) is 4.42 Å². The summed E-state index contributed by atoms with van der Waals surface area (Å²) in [6, 6.07) is 69.2. The molecule has 0 atom stereocenters. The van der Waals surface area contributed by atoms with Crippen molar-refractivity contribution in [3.63, 3.8) is 0 Å². The fourth-order valence-electron chi connectivity index (χ4n) is 11.8. The highest BCUT2D eigenvalue weighted by Gasteiger charge is 2.40. The molecule has 0 radical (unpaired) electrons. The maximum absolute atomic E-state index is 6.75. The quantitative estimate of drug-likeness (QED) is 0.169. The van der Waals surface area contributed by atoms with Crippen molar-refractivity contribution in [2.45, 2.75) is 32.1 Å². The van der Waals surface area contributed by atoms with Gasteiger partial charge in [0.25, 0.3) is 0 Å². The van der Waals surface area contributed by atoms with Crippen LogP contribution in [0.4, 0.5) is 0 Å². The Kier molecular flexibility index (Phi) is 7.86. The van der Waals surface area contributed by atoms with E-state index < -0.39 is 0 Å². The normalized spacial score (nSPS) is 14.2. The van der Waals surface area contributed by atoms with Crippen LogP contribution in [-0.2, 0) is 5.41 Å². The molecule has 0 N–H and O–H groups in total. The zero-order valence-corrected chi connectivity index (χ0v) is 36.8. The van der Waals surface area contributed by atoms with E-state index in [9.17, 15) is 0 Å². The van der Waals surface area contributed by atoms with Crippen molar-refractivity contribution >= 4 is 71.1 Å². The number of allylic oxidation sites excluding steroid dienone is 4. The zero-order chi connectivity index (χ0) is 43.7. The minimum Gasteiger partial charge on any atom is -0.456 e. The molecule has 3 heteroatoms. The van der Waals surface area contributed by atoms with E-state index in [0.29, 0.717) is 0 Å². The number of hydrogen-bond donors (Lipinski definition) is 0. The van der Waals surface area contributed by atoms with Crippen LogP contribution in [0.2, 0.25) is 0 Å². The van der Waals surface area contributed by atoms with Crippen molar-refractivity contribution in [2.24, 2.45) is 0 Å². The van der Waals surface area contributed by atoms with Crippen molar-refractivity contribution in [1.82, 2.24) is 9.13 Å². The van der Waals surface area contributed by atoms with Gasteiger partial charge in [-0.05, 0) is 136 Å². The number of rotatable bonds is 5. The molecule has 0 saturated carbocycles. The Morgan fingerprint density at radius 3 is 2.02 bits per heavy atom. The predicted octanol–water partition coefficient (Wildman–Crippen LogP) is 17.2. The molecule has 0 spiro atoms. The van der Waals surface area contributed by atoms with Crippen LogP contribution in [0, 0.1) is 0 Å². The third-order valence-corrected chi connectivity index (χ3v) is 14.7. The van der Waals surface area contributed by atoms with Gasteiger partial charge in [0, 0.05) is 54.7 Å². The van der Waals surface area contributed by atoms with Crippen LogP contribution in [0.25, 0.3) is 116 Å². The van der Waals surface area contributed by atoms with Gasteiger partial charge < -0.3 is 13.6 Å². The van der Waals surface area contributed by atoms with Gasteiger partial charge in [0.2, 0.25) is 0 Å². The van der Waals surface area contributed by atoms with Crippen LogP contribution < -0.4 is 0 Å². The van der Waals surface area contributed by atoms with Crippen molar-refractivity contribution in [1.29, 1.82) is 0 Å². The highest BCUT2D eigenvalue weighted by atomic mass is 16.3. The molecule has 0 saturated heterocycles. The Morgan fingerprint density at radius 2 is 1.17 bits per heavy atom. The highest BCUT2D eigenvalue weighted by Crippen LogP contribution is 2.56. The third-order valence-electron chi connectivity index (χ3n) is 14.7. The van der Waals surface area contributed by atoms with Crippen molar-refractivity contribution in [2.75, 3.05) is 0 Å². The van der Waals surface area contributed by atoms with Crippen LogP contribution in [0.5, 0.6) is 0 Å². The second kappa shape index (κ2) is 13.9. The van der Waals surface area contributed by atoms with Crippen LogP contribution in [0.15, 0.2) is 211 Å². The first-order chi connectivity index (χ1) is 32.5. The Balaban J connectivity index is 1.05. The summed E-state index contributed by atoms with van der Waals surface area (Å²) < 4.78 is 11.7. The van der Waals surface area contributed by atoms with Gasteiger partial charge in [0.05, 0.1) is 22.1 Å². The first kappa shape index (κ1) is 37.3. The topological polar surface area (TPSA) is 23.0 Å². The molecule has 3 aromatic heterocycles. The molecule has 0 amide bonds. The van der Waals surface area contributed by atoms with Crippen molar-refractivity contribution < 1.29 is 4.42 Å². The summed E-state index contributed by atoms with van der Waals surface area (Å²) in [5.74, 6) is 0. The highest BCUT2D eigenvalue weighted by molar-refractivity contribution is 6.19. The largest absolute Gasteiger partial charge is 0.456 e. The number of fused-ring (bicyclic) bond motifs is 13. The fourth-order valence-corrected chi connectivity index (χ4v) is 11.8. The molecule has 312 valence electrons. The van der Waals surface area contributed by atoms with Crippen LogP contribution in [0.1, 0.15) is 43.4 Å². The van der Waals surface area contributed by atoms with E-state index in [0.717, 1.165) is 57.3 Å². The Labute approximate surface area is 382 Å². The molecule has 0 aliphatic heterocycles. The molecular formula is C63H44N2O. The molecule has 3 nitrogen and oxygen atoms in total. The summed E-state index contributed by atoms with van der Waals surface area (Å²) in [6.07, 6.45) is 9.28. The maximum atomic E-state index is 6.75. The van der Waals surface area contributed by atoms with E-state index in [1.54, 1.807) is 0 Å². The Morgan fingerprint density at radius 1 is 0.455 bits per heavy atom. The monoisotopic (exact) mass is 844 g/mol. The molecule has 14 rings (SSSR count). The molecule has 3 heterocycles. The zero-order valence-electron chi connectivity index (χ0n) is 36.8. The van der Waals surface area contributed by atoms with Gasteiger partial charge >= 0.3 is 0 Å². The number of nitrogens with zero attached hydrogens (tertiary/aromatic N) is 2. The van der Waals surface area contributed by atoms with Crippen LogP contribution in [0.3, 0.4) is 0 Å². The number of furan rings is 1. The molecule has 66 heavy (non-hydrogen) atoms. The average molecular weight is 845 g/mol. The van der Waals surface area contributed by atoms with Crippen molar-refractivity contribution in [3.05, 3.63) is 223 Å². The average Bonchev–Trinajstić information content (AvgIpc) is 4.09. The molecule has 0 bridgehead atoms. The standard InChI is InChI=1S/C63H44N2O/c1-63(2)53-26-14-12-24-47(53)60-61(63)48(40-19-8-4-9-20-40)38-51-50-35-41(39-17-6-3-7-18-39)29-32-56(50)65(62(51)60)44-31-34-57-52(37-44)59-45(25-16-28-58(59)66-57)42-30-33-55-49(36-42)46-23-13-15-27-54(46)64(55)43-21-10-5-11-22-43/h3,5-8,10-38H,4,9H2,1-2H3. The van der Waals surface area contributed by atoms with E-state index in [1.165, 1.54) is 88.1 Å². The van der Waals surface area contributed by atoms with Gasteiger partial charge in [-0.2, -0.15) is 0 Å². The minimum absolute atomic E-state index is 0.202. The van der Waals surface area contributed by atoms with Gasteiger partial charge in [0.15, 0.2) is 0 Å². The predicted molar refractivity (Wildman–Crippen MR) is 277 cm³/mol. The minimum atomic E-state index is -0.202. The Bertz CT molecular complexity index is 4060. The lowest BCUT2D eigenvalue weighted by Gasteiger charge is -2.26. The van der Waals surface area contributed by atoms with E-state index >= 15 is 0 Å². The van der Waals surface area contributed by atoms with Gasteiger partial charge in [-0.3, -0.25) is 0 Å². The lowest BCUT2D eigenvalue weighted by Crippen LogP contribution is -2.17. The molecule has 2 aliphatic carbocycles. The molecule has 9 aromatic carbocycles. The van der Waals surface area contributed by atoms with Crippen molar-refractivity contribution in [3.8, 4) is 44.8 Å². The lowest BCUT2D eigenvalue weighted by molar-refractivity contribution is 0.659. The van der Waals surface area contributed by atoms with Crippen LogP contribution >= 0.6 is 0 Å². The molecule has 2 aliphatic rings. The summed E-state index contributed by atoms with van der Waals surface area (Å²) in [7, 11) is 0. The number of para-hydroxylation sites is 2. The first-order valence-corrected chi connectivity index (χ1v) is 23.2. The maximum Gasteiger partial charge on any atom is 0.136 e. The fraction of sp³-hybridized carbons (Fsp3) is 0.0794. The van der Waals surface area contributed by atoms with Crippen LogP contribution in [-0.4, -0.2) is 9.13 Å². The lowest BCUT2D eigenvalue weighted by atomic mass is 9.77.